The topological polar surface area (TPSA) is 68.3 Å². The van der Waals surface area contributed by atoms with Crippen LogP contribution in [0.4, 0.5) is 14.5 Å². The maximum atomic E-state index is 13.7. The molecule has 1 aliphatic rings. The number of anilines is 1. The summed E-state index contributed by atoms with van der Waals surface area (Å²) in [6, 6.07) is 10.5. The lowest BCUT2D eigenvalue weighted by Gasteiger charge is -2.24. The Morgan fingerprint density at radius 1 is 1.13 bits per heavy atom. The van der Waals surface area contributed by atoms with E-state index >= 15 is 0 Å². The van der Waals surface area contributed by atoms with E-state index in [4.69, 9.17) is 9.72 Å². The molecule has 5 nitrogen and oxygen atoms in total. The predicted molar refractivity (Wildman–Crippen MR) is 108 cm³/mol. The molecule has 0 saturated heterocycles. The van der Waals surface area contributed by atoms with Crippen molar-refractivity contribution in [2.24, 2.45) is 5.92 Å². The van der Waals surface area contributed by atoms with Crippen molar-refractivity contribution in [3.05, 3.63) is 70.9 Å². The number of pyridine rings is 1. The summed E-state index contributed by atoms with van der Waals surface area (Å²) in [6.07, 6.45) is 2.46. The van der Waals surface area contributed by atoms with Crippen LogP contribution in [0.3, 0.4) is 0 Å². The van der Waals surface area contributed by atoms with Gasteiger partial charge in [-0.15, -0.1) is 0 Å². The molecule has 0 fully saturated rings. The second-order valence-corrected chi connectivity index (χ2v) is 7.50. The number of nitrogens with zero attached hydrogens (tertiary/aromatic N) is 1. The van der Waals surface area contributed by atoms with Crippen LogP contribution in [0.15, 0.2) is 42.5 Å². The van der Waals surface area contributed by atoms with E-state index in [2.05, 4.69) is 12.2 Å². The molecule has 0 unspecified atom stereocenters. The Bertz CT molecular complexity index is 1130. The molecule has 1 heterocycles. The van der Waals surface area contributed by atoms with Gasteiger partial charge in [0.05, 0.1) is 11.1 Å². The summed E-state index contributed by atoms with van der Waals surface area (Å²) < 4.78 is 32.6. The van der Waals surface area contributed by atoms with E-state index in [0.717, 1.165) is 36.2 Å². The number of rotatable bonds is 4. The van der Waals surface area contributed by atoms with Crippen LogP contribution in [0.2, 0.25) is 0 Å². The Labute approximate surface area is 172 Å². The molecule has 154 valence electrons. The lowest BCUT2D eigenvalue weighted by Crippen LogP contribution is -2.24. The summed E-state index contributed by atoms with van der Waals surface area (Å²) in [4.78, 5) is 29.8. The van der Waals surface area contributed by atoms with Crippen molar-refractivity contribution < 1.29 is 23.1 Å². The molecule has 30 heavy (non-hydrogen) atoms. The number of aromatic nitrogens is 1. The molecule has 0 saturated carbocycles. The van der Waals surface area contributed by atoms with Gasteiger partial charge >= 0.3 is 5.97 Å². The summed E-state index contributed by atoms with van der Waals surface area (Å²) in [5, 5.41) is 2.78. The van der Waals surface area contributed by atoms with Crippen molar-refractivity contribution in [3.63, 3.8) is 0 Å². The molecule has 1 aromatic heterocycles. The summed E-state index contributed by atoms with van der Waals surface area (Å²) in [6.45, 7) is 1.46. The minimum atomic E-state index is -0.905. The molecule has 0 radical (unpaired) electrons. The van der Waals surface area contributed by atoms with E-state index in [-0.39, 0.29) is 0 Å². The van der Waals surface area contributed by atoms with Crippen molar-refractivity contribution in [3.8, 4) is 0 Å². The first kappa shape index (κ1) is 19.9. The highest BCUT2D eigenvalue weighted by molar-refractivity contribution is 6.06. The number of carbonyl (C=O) groups is 2. The lowest BCUT2D eigenvalue weighted by molar-refractivity contribution is -0.119. The third kappa shape index (κ3) is 3.87. The number of para-hydroxylation sites is 2. The van der Waals surface area contributed by atoms with Crippen LogP contribution in [0, 0.1) is 17.6 Å². The molecular weight excluding hydrogens is 390 g/mol. The van der Waals surface area contributed by atoms with Gasteiger partial charge < -0.3 is 10.1 Å². The van der Waals surface area contributed by atoms with Gasteiger partial charge in [0.25, 0.3) is 5.91 Å². The zero-order valence-corrected chi connectivity index (χ0v) is 16.4. The maximum absolute atomic E-state index is 13.7. The van der Waals surface area contributed by atoms with Gasteiger partial charge in [-0.25, -0.2) is 13.6 Å². The van der Waals surface area contributed by atoms with E-state index in [9.17, 15) is 18.4 Å². The largest absolute Gasteiger partial charge is 0.452 e. The number of fused-ring (bicyclic) bond motifs is 2. The number of amides is 1. The van der Waals surface area contributed by atoms with Crippen LogP contribution < -0.4 is 5.32 Å². The minimum absolute atomic E-state index is 0.402. The van der Waals surface area contributed by atoms with Crippen LogP contribution in [0.1, 0.15) is 35.0 Å². The third-order valence-electron chi connectivity index (χ3n) is 5.27. The number of nitrogens with one attached hydrogen (secondary N) is 1. The number of hydrogen-bond donors (Lipinski definition) is 1. The Morgan fingerprint density at radius 2 is 1.87 bits per heavy atom. The molecule has 1 amide bonds. The van der Waals surface area contributed by atoms with Crippen LogP contribution in [-0.4, -0.2) is 23.5 Å². The summed E-state index contributed by atoms with van der Waals surface area (Å²) >= 11 is 0. The zero-order chi connectivity index (χ0) is 21.3. The highest BCUT2D eigenvalue weighted by Crippen LogP contribution is 2.32. The normalized spacial score (nSPS) is 15.5. The zero-order valence-electron chi connectivity index (χ0n) is 16.4. The van der Waals surface area contributed by atoms with Crippen LogP contribution in [0.5, 0.6) is 0 Å². The van der Waals surface area contributed by atoms with E-state index < -0.39 is 35.8 Å². The third-order valence-corrected chi connectivity index (χ3v) is 5.27. The van der Waals surface area contributed by atoms with Crippen molar-refractivity contribution in [1.82, 2.24) is 4.98 Å². The number of halogens is 2. The number of esters is 1. The second-order valence-electron chi connectivity index (χ2n) is 7.50. The minimum Gasteiger partial charge on any atom is -0.452 e. The summed E-state index contributed by atoms with van der Waals surface area (Å²) in [7, 11) is 0. The number of ether oxygens (including phenoxy) is 1. The van der Waals surface area contributed by atoms with E-state index in [1.165, 1.54) is 6.07 Å². The van der Waals surface area contributed by atoms with Gasteiger partial charge in [-0.3, -0.25) is 9.78 Å². The SMILES string of the molecule is C[C@@H]1CCc2nc3ccccc3c(C(=O)OCC(=O)Nc3c(F)cccc3F)c2C1. The molecule has 1 aliphatic carbocycles. The highest BCUT2D eigenvalue weighted by Gasteiger charge is 2.26. The maximum Gasteiger partial charge on any atom is 0.339 e. The molecular formula is C23H20F2N2O3. The summed E-state index contributed by atoms with van der Waals surface area (Å²) in [5.41, 5.74) is 2.25. The second kappa shape index (κ2) is 8.18. The highest BCUT2D eigenvalue weighted by atomic mass is 19.1. The lowest BCUT2D eigenvalue weighted by atomic mass is 9.84. The van der Waals surface area contributed by atoms with Gasteiger partial charge in [-0.2, -0.15) is 0 Å². The Balaban J connectivity index is 1.58. The van der Waals surface area contributed by atoms with Crippen molar-refractivity contribution in [2.45, 2.75) is 26.2 Å². The number of hydrogen-bond acceptors (Lipinski definition) is 4. The van der Waals surface area contributed by atoms with Gasteiger partial charge in [0.15, 0.2) is 6.61 Å². The standard InChI is InChI=1S/C23H20F2N2O3/c1-13-9-10-19-15(11-13)21(14-5-2-3-8-18(14)26-19)23(29)30-12-20(28)27-22-16(24)6-4-7-17(22)25/h2-8,13H,9-12H2,1H3,(H,27,28)/t13-/m1/s1. The first-order chi connectivity index (χ1) is 14.4. The average Bonchev–Trinajstić information content (AvgIpc) is 2.73. The molecule has 1 atom stereocenters. The van der Waals surface area contributed by atoms with E-state index in [1.807, 2.05) is 18.2 Å². The monoisotopic (exact) mass is 410 g/mol. The fraction of sp³-hybridized carbons (Fsp3) is 0.261. The van der Waals surface area contributed by atoms with Crippen LogP contribution >= 0.6 is 0 Å². The quantitative estimate of drug-likeness (QED) is 0.646. The van der Waals surface area contributed by atoms with Crippen molar-refractivity contribution >= 4 is 28.5 Å². The molecule has 0 spiro atoms. The first-order valence-electron chi connectivity index (χ1n) is 9.75. The molecule has 0 bridgehead atoms. The number of aryl methyl sites for hydroxylation is 1. The average molecular weight is 410 g/mol. The Hall–Kier alpha value is -3.35. The number of benzene rings is 2. The van der Waals surface area contributed by atoms with E-state index in [0.29, 0.717) is 28.8 Å². The van der Waals surface area contributed by atoms with E-state index in [1.54, 1.807) is 6.07 Å². The van der Waals surface area contributed by atoms with Crippen molar-refractivity contribution in [1.29, 1.82) is 0 Å². The van der Waals surface area contributed by atoms with Crippen LogP contribution in [0.25, 0.3) is 10.9 Å². The van der Waals surface area contributed by atoms with Crippen LogP contribution in [-0.2, 0) is 22.4 Å². The van der Waals surface area contributed by atoms with Gasteiger partial charge in [-0.05, 0) is 48.9 Å². The predicted octanol–water partition coefficient (Wildman–Crippen LogP) is 4.43. The molecule has 0 aliphatic heterocycles. The Kier molecular flexibility index (Phi) is 5.44. The van der Waals surface area contributed by atoms with Gasteiger partial charge in [0.2, 0.25) is 0 Å². The molecule has 1 N–H and O–H groups in total. The van der Waals surface area contributed by atoms with Gasteiger partial charge in [0, 0.05) is 11.1 Å². The molecule has 2 aromatic carbocycles. The molecule has 4 rings (SSSR count). The van der Waals surface area contributed by atoms with Crippen molar-refractivity contribution in [2.75, 3.05) is 11.9 Å². The Morgan fingerprint density at radius 3 is 2.63 bits per heavy atom. The fourth-order valence-corrected chi connectivity index (χ4v) is 3.79. The fourth-order valence-electron chi connectivity index (χ4n) is 3.79. The summed E-state index contributed by atoms with van der Waals surface area (Å²) in [5.74, 6) is -2.88. The van der Waals surface area contributed by atoms with Gasteiger partial charge in [0.1, 0.15) is 17.3 Å². The first-order valence-corrected chi connectivity index (χ1v) is 9.75. The van der Waals surface area contributed by atoms with Gasteiger partial charge in [-0.1, -0.05) is 31.2 Å². The molecule has 3 aromatic rings. The smallest absolute Gasteiger partial charge is 0.339 e. The number of carbonyl (C=O) groups excluding carboxylic acids is 2. The molecule has 7 heteroatoms.